The van der Waals surface area contributed by atoms with E-state index >= 15 is 0 Å². The molecule has 0 aliphatic heterocycles. The lowest BCUT2D eigenvalue weighted by atomic mass is 10.1. The van der Waals surface area contributed by atoms with Crippen LogP contribution in [0.3, 0.4) is 0 Å². The molecule has 0 unspecified atom stereocenters. The van der Waals surface area contributed by atoms with Gasteiger partial charge in [-0.1, -0.05) is 53.2 Å². The summed E-state index contributed by atoms with van der Waals surface area (Å²) in [6, 6.07) is 17.8. The molecule has 2 aromatic carbocycles. The van der Waals surface area contributed by atoms with Gasteiger partial charge in [-0.25, -0.2) is 4.68 Å². The number of fused-ring (bicyclic) bond motifs is 1. The van der Waals surface area contributed by atoms with E-state index in [0.717, 1.165) is 41.8 Å². The molecule has 4 aromatic rings. The van der Waals surface area contributed by atoms with Crippen molar-refractivity contribution in [2.75, 3.05) is 0 Å². The molecule has 2 aromatic heterocycles. The highest BCUT2D eigenvalue weighted by molar-refractivity contribution is 5.94. The third kappa shape index (κ3) is 3.93. The lowest BCUT2D eigenvalue weighted by Gasteiger charge is -2.09. The first-order chi connectivity index (χ1) is 15.6. The topological polar surface area (TPSA) is 85.8 Å². The predicted octanol–water partition coefficient (Wildman–Crippen LogP) is 4.13. The maximum atomic E-state index is 13.1. The zero-order valence-electron chi connectivity index (χ0n) is 18.2. The minimum atomic E-state index is -0.416. The summed E-state index contributed by atoms with van der Waals surface area (Å²) < 4.78 is 7.32. The Kier molecular flexibility index (Phi) is 5.31. The van der Waals surface area contributed by atoms with Gasteiger partial charge in [0.2, 0.25) is 5.89 Å². The first kappa shape index (κ1) is 20.2. The summed E-state index contributed by atoms with van der Waals surface area (Å²) in [6.45, 7) is 3.90. The molecule has 2 heterocycles. The summed E-state index contributed by atoms with van der Waals surface area (Å²) in [6.07, 6.45) is 3.40. The van der Waals surface area contributed by atoms with Crippen molar-refractivity contribution in [2.24, 2.45) is 0 Å². The molecule has 7 nitrogen and oxygen atoms in total. The smallest absolute Gasteiger partial charge is 0.272 e. The Labute approximate surface area is 186 Å². The number of nitrogens with zero attached hydrogens (tertiary/aromatic N) is 4. The van der Waals surface area contributed by atoms with E-state index in [1.54, 1.807) is 0 Å². The van der Waals surface area contributed by atoms with Gasteiger partial charge in [-0.2, -0.15) is 10.1 Å². The lowest BCUT2D eigenvalue weighted by molar-refractivity contribution is 0.0926. The van der Waals surface area contributed by atoms with Crippen LogP contribution in [0, 0.1) is 6.92 Å². The lowest BCUT2D eigenvalue weighted by Crippen LogP contribution is -2.28. The molecule has 1 N–H and O–H groups in total. The number of aromatic nitrogens is 4. The standard InChI is InChI=1S/C25H25N5O2/c1-16-11-13-19(14-12-16)30-21-10-6-9-20(21)23(28-30)24(31)26-17(2)25-27-22(29-32-25)15-18-7-4-3-5-8-18/h3-5,7-8,11-14,17H,6,9-10,15H2,1-2H3,(H,26,31)/t17-/m1/s1. The van der Waals surface area contributed by atoms with E-state index in [1.165, 1.54) is 5.56 Å². The van der Waals surface area contributed by atoms with Crippen molar-refractivity contribution >= 4 is 5.91 Å². The number of aryl methyl sites for hydroxylation is 1. The maximum Gasteiger partial charge on any atom is 0.272 e. The second-order valence-electron chi connectivity index (χ2n) is 8.28. The van der Waals surface area contributed by atoms with Crippen LogP contribution in [-0.2, 0) is 19.3 Å². The van der Waals surface area contributed by atoms with E-state index < -0.39 is 6.04 Å². The van der Waals surface area contributed by atoms with Crippen LogP contribution in [-0.4, -0.2) is 25.8 Å². The summed E-state index contributed by atoms with van der Waals surface area (Å²) in [7, 11) is 0. The molecule has 7 heteroatoms. The zero-order valence-corrected chi connectivity index (χ0v) is 18.2. The van der Waals surface area contributed by atoms with Crippen molar-refractivity contribution in [3.05, 3.63) is 94.4 Å². The fourth-order valence-corrected chi connectivity index (χ4v) is 4.14. The summed E-state index contributed by atoms with van der Waals surface area (Å²) in [5, 5.41) is 11.7. The SMILES string of the molecule is Cc1ccc(-n2nc(C(=O)N[C@H](C)c3nc(Cc4ccccc4)no3)c3c2CCC3)cc1. The van der Waals surface area contributed by atoms with Crippen LogP contribution in [0.1, 0.15) is 64.0 Å². The molecule has 0 saturated heterocycles. The number of benzene rings is 2. The zero-order chi connectivity index (χ0) is 22.1. The van der Waals surface area contributed by atoms with Gasteiger partial charge < -0.3 is 9.84 Å². The van der Waals surface area contributed by atoms with Crippen LogP contribution in [0.5, 0.6) is 0 Å². The van der Waals surface area contributed by atoms with Crippen molar-refractivity contribution in [2.45, 2.75) is 45.6 Å². The number of hydrogen-bond donors (Lipinski definition) is 1. The molecule has 1 aliphatic rings. The highest BCUT2D eigenvalue weighted by Gasteiger charge is 2.28. The quantitative estimate of drug-likeness (QED) is 0.500. The normalized spacial score (nSPS) is 13.7. The fraction of sp³-hybridized carbons (Fsp3) is 0.280. The summed E-state index contributed by atoms with van der Waals surface area (Å²) in [5.41, 5.74) is 5.90. The van der Waals surface area contributed by atoms with Gasteiger partial charge in [0.15, 0.2) is 11.5 Å². The average Bonchev–Trinajstić information content (AvgIpc) is 3.52. The molecule has 1 aliphatic carbocycles. The molecule has 0 saturated carbocycles. The second kappa shape index (κ2) is 8.42. The highest BCUT2D eigenvalue weighted by Crippen LogP contribution is 2.28. The number of amides is 1. The molecular weight excluding hydrogens is 402 g/mol. The molecule has 1 amide bonds. The minimum absolute atomic E-state index is 0.218. The van der Waals surface area contributed by atoms with Crippen LogP contribution in [0.4, 0.5) is 0 Å². The molecule has 1 atom stereocenters. The minimum Gasteiger partial charge on any atom is -0.339 e. The molecule has 0 radical (unpaired) electrons. The Morgan fingerprint density at radius 2 is 1.91 bits per heavy atom. The molecule has 162 valence electrons. The van der Waals surface area contributed by atoms with Gasteiger partial charge in [0.1, 0.15) is 6.04 Å². The van der Waals surface area contributed by atoms with E-state index in [-0.39, 0.29) is 5.91 Å². The summed E-state index contributed by atoms with van der Waals surface area (Å²) >= 11 is 0. The van der Waals surface area contributed by atoms with Crippen molar-refractivity contribution in [3.63, 3.8) is 0 Å². The molecule has 5 rings (SSSR count). The van der Waals surface area contributed by atoms with Crippen molar-refractivity contribution in [1.82, 2.24) is 25.2 Å². The maximum absolute atomic E-state index is 13.1. The van der Waals surface area contributed by atoms with Crippen LogP contribution in [0.15, 0.2) is 59.1 Å². The Balaban J connectivity index is 1.33. The number of hydrogen-bond acceptors (Lipinski definition) is 5. The van der Waals surface area contributed by atoms with Crippen LogP contribution in [0.2, 0.25) is 0 Å². The number of carbonyl (C=O) groups excluding carboxylic acids is 1. The van der Waals surface area contributed by atoms with E-state index in [1.807, 2.05) is 54.1 Å². The fourth-order valence-electron chi connectivity index (χ4n) is 4.14. The van der Waals surface area contributed by atoms with Crippen molar-refractivity contribution in [3.8, 4) is 5.69 Å². The molecule has 0 bridgehead atoms. The third-order valence-corrected chi connectivity index (χ3v) is 5.83. The molecular formula is C25H25N5O2. The van der Waals surface area contributed by atoms with Gasteiger partial charge in [0.25, 0.3) is 5.91 Å². The van der Waals surface area contributed by atoms with Crippen LogP contribution in [0.25, 0.3) is 5.69 Å². The average molecular weight is 428 g/mol. The number of carbonyl (C=O) groups is 1. The Bertz CT molecular complexity index is 1240. The van der Waals surface area contributed by atoms with Gasteiger partial charge >= 0.3 is 0 Å². The third-order valence-electron chi connectivity index (χ3n) is 5.83. The van der Waals surface area contributed by atoms with Gasteiger partial charge in [-0.3, -0.25) is 4.79 Å². The molecule has 32 heavy (non-hydrogen) atoms. The summed E-state index contributed by atoms with van der Waals surface area (Å²) in [5.74, 6) is 0.764. The van der Waals surface area contributed by atoms with Gasteiger partial charge in [-0.05, 0) is 50.8 Å². The van der Waals surface area contributed by atoms with E-state index in [0.29, 0.717) is 23.8 Å². The van der Waals surface area contributed by atoms with Crippen LogP contribution < -0.4 is 5.32 Å². The summed E-state index contributed by atoms with van der Waals surface area (Å²) in [4.78, 5) is 17.6. The highest BCUT2D eigenvalue weighted by atomic mass is 16.5. The van der Waals surface area contributed by atoms with Crippen molar-refractivity contribution in [1.29, 1.82) is 0 Å². The monoisotopic (exact) mass is 427 g/mol. The Hall–Kier alpha value is -3.74. The van der Waals surface area contributed by atoms with Crippen LogP contribution >= 0.6 is 0 Å². The van der Waals surface area contributed by atoms with Gasteiger partial charge in [0.05, 0.1) is 5.69 Å². The molecule has 0 fully saturated rings. The van der Waals surface area contributed by atoms with E-state index in [4.69, 9.17) is 4.52 Å². The van der Waals surface area contributed by atoms with Gasteiger partial charge in [-0.15, -0.1) is 0 Å². The van der Waals surface area contributed by atoms with E-state index in [2.05, 4.69) is 39.6 Å². The van der Waals surface area contributed by atoms with E-state index in [9.17, 15) is 4.79 Å². The first-order valence-corrected chi connectivity index (χ1v) is 10.9. The van der Waals surface area contributed by atoms with Crippen molar-refractivity contribution < 1.29 is 9.32 Å². The predicted molar refractivity (Wildman–Crippen MR) is 120 cm³/mol. The largest absolute Gasteiger partial charge is 0.339 e. The first-order valence-electron chi connectivity index (χ1n) is 10.9. The second-order valence-corrected chi connectivity index (χ2v) is 8.28. The number of nitrogens with one attached hydrogen (secondary N) is 1. The molecule has 0 spiro atoms. The Morgan fingerprint density at radius 1 is 1.12 bits per heavy atom. The number of rotatable bonds is 6. The van der Waals surface area contributed by atoms with Gasteiger partial charge in [0, 0.05) is 17.7 Å². The Morgan fingerprint density at radius 3 is 2.69 bits per heavy atom.